The van der Waals surface area contributed by atoms with Crippen LogP contribution in [-0.4, -0.2) is 28.1 Å². The van der Waals surface area contributed by atoms with Gasteiger partial charge in [-0.25, -0.2) is 4.68 Å². The molecule has 1 aliphatic carbocycles. The minimum Gasteiger partial charge on any atom is -0.494 e. The summed E-state index contributed by atoms with van der Waals surface area (Å²) in [6, 6.07) is 16.7. The second kappa shape index (κ2) is 8.48. The normalized spacial score (nSPS) is 18.6. The lowest BCUT2D eigenvalue weighted by atomic mass is 9.73. The molecule has 3 aromatic rings. The molecule has 0 unspecified atom stereocenters. The van der Waals surface area contributed by atoms with E-state index in [1.54, 1.807) is 10.9 Å². The largest absolute Gasteiger partial charge is 0.494 e. The Bertz CT molecular complexity index is 1270. The van der Waals surface area contributed by atoms with Crippen LogP contribution in [0.3, 0.4) is 0 Å². The van der Waals surface area contributed by atoms with Gasteiger partial charge in [0.2, 0.25) is 0 Å². The average molecular weight is 457 g/mol. The van der Waals surface area contributed by atoms with Crippen molar-refractivity contribution in [3.05, 3.63) is 83.2 Å². The van der Waals surface area contributed by atoms with Crippen molar-refractivity contribution in [3.63, 3.8) is 0 Å². The van der Waals surface area contributed by atoms with Crippen LogP contribution in [0.1, 0.15) is 55.6 Å². The smallest absolute Gasteiger partial charge is 0.261 e. The third-order valence-electron chi connectivity index (χ3n) is 6.29. The van der Waals surface area contributed by atoms with Crippen LogP contribution in [0, 0.1) is 5.41 Å². The highest BCUT2D eigenvalue weighted by Gasteiger charge is 2.42. The van der Waals surface area contributed by atoms with E-state index in [9.17, 15) is 9.59 Å². The minimum absolute atomic E-state index is 0.106. The van der Waals surface area contributed by atoms with Crippen LogP contribution in [0.15, 0.2) is 72.1 Å². The molecule has 2 heterocycles. The Morgan fingerprint density at radius 3 is 2.59 bits per heavy atom. The van der Waals surface area contributed by atoms with Gasteiger partial charge < -0.3 is 15.4 Å². The van der Waals surface area contributed by atoms with Crippen molar-refractivity contribution in [2.24, 2.45) is 5.41 Å². The molecule has 174 valence electrons. The summed E-state index contributed by atoms with van der Waals surface area (Å²) in [6.07, 6.45) is 2.75. The maximum Gasteiger partial charge on any atom is 0.261 e. The fourth-order valence-electron chi connectivity index (χ4n) is 4.82. The van der Waals surface area contributed by atoms with E-state index in [1.165, 1.54) is 0 Å². The van der Waals surface area contributed by atoms with E-state index in [2.05, 4.69) is 29.6 Å². The molecule has 5 rings (SSSR count). The van der Waals surface area contributed by atoms with Gasteiger partial charge >= 0.3 is 0 Å². The molecule has 0 bridgehead atoms. The molecule has 0 saturated heterocycles. The average Bonchev–Trinajstić information content (AvgIpc) is 3.22. The molecule has 7 heteroatoms. The maximum absolute atomic E-state index is 13.3. The van der Waals surface area contributed by atoms with Crippen molar-refractivity contribution < 1.29 is 14.3 Å². The third kappa shape index (κ3) is 3.98. The molecule has 0 radical (unpaired) electrons. The third-order valence-corrected chi connectivity index (χ3v) is 6.29. The van der Waals surface area contributed by atoms with Gasteiger partial charge in [-0.1, -0.05) is 44.2 Å². The van der Waals surface area contributed by atoms with Crippen LogP contribution < -0.4 is 15.4 Å². The molecule has 1 amide bonds. The Hall–Kier alpha value is -3.87. The zero-order chi connectivity index (χ0) is 23.9. The number of hydrogen-bond acceptors (Lipinski definition) is 5. The number of para-hydroxylation sites is 1. The monoisotopic (exact) mass is 456 g/mol. The second-order valence-corrected chi connectivity index (χ2v) is 9.53. The molecule has 2 N–H and O–H groups in total. The van der Waals surface area contributed by atoms with Crippen LogP contribution in [0.2, 0.25) is 0 Å². The summed E-state index contributed by atoms with van der Waals surface area (Å²) < 4.78 is 7.35. The number of anilines is 2. The number of hydrogen-bond donors (Lipinski definition) is 2. The molecular weight excluding hydrogens is 428 g/mol. The summed E-state index contributed by atoms with van der Waals surface area (Å²) in [4.78, 5) is 26.5. The highest BCUT2D eigenvalue weighted by atomic mass is 16.5. The highest BCUT2D eigenvalue weighted by Crippen LogP contribution is 2.46. The van der Waals surface area contributed by atoms with E-state index in [-0.39, 0.29) is 17.1 Å². The lowest BCUT2D eigenvalue weighted by Gasteiger charge is -2.39. The molecule has 0 spiro atoms. The number of fused-ring (bicyclic) bond motifs is 1. The summed E-state index contributed by atoms with van der Waals surface area (Å²) in [5.74, 6) is 1.22. The van der Waals surface area contributed by atoms with Gasteiger partial charge in [-0.15, -0.1) is 0 Å². The number of benzene rings is 2. The maximum atomic E-state index is 13.3. The summed E-state index contributed by atoms with van der Waals surface area (Å²) in [7, 11) is 0. The quantitative estimate of drug-likeness (QED) is 0.552. The van der Waals surface area contributed by atoms with E-state index in [4.69, 9.17) is 4.74 Å². The first-order chi connectivity index (χ1) is 16.4. The molecular formula is C27H28N4O3. The molecule has 2 aromatic carbocycles. The fraction of sp³-hybridized carbons (Fsp3) is 0.296. The van der Waals surface area contributed by atoms with E-state index in [0.717, 1.165) is 17.0 Å². The van der Waals surface area contributed by atoms with Gasteiger partial charge in [0.05, 0.1) is 12.8 Å². The summed E-state index contributed by atoms with van der Waals surface area (Å²) in [5, 5.41) is 10.9. The molecule has 1 aromatic heterocycles. The lowest BCUT2D eigenvalue weighted by molar-refractivity contribution is -0.118. The Morgan fingerprint density at radius 2 is 1.88 bits per heavy atom. The summed E-state index contributed by atoms with van der Waals surface area (Å²) in [6.45, 7) is 6.71. The van der Waals surface area contributed by atoms with E-state index in [0.29, 0.717) is 42.1 Å². The summed E-state index contributed by atoms with van der Waals surface area (Å²) >= 11 is 0. The second-order valence-electron chi connectivity index (χ2n) is 9.53. The number of carbonyl (C=O) groups is 2. The number of Topliss-reactive ketones (excluding diaryl/α,β-unsaturated/α-hetero) is 1. The van der Waals surface area contributed by atoms with Crippen molar-refractivity contribution >= 4 is 23.2 Å². The van der Waals surface area contributed by atoms with Crippen LogP contribution in [0.5, 0.6) is 5.75 Å². The molecule has 1 atom stereocenters. The number of aromatic nitrogens is 2. The molecule has 34 heavy (non-hydrogen) atoms. The highest BCUT2D eigenvalue weighted by molar-refractivity contribution is 6.08. The number of rotatable bonds is 5. The molecule has 1 aliphatic heterocycles. The predicted molar refractivity (Wildman–Crippen MR) is 131 cm³/mol. The number of carbonyl (C=O) groups excluding carboxylic acids is 2. The molecule has 2 aliphatic rings. The molecule has 0 saturated carbocycles. The van der Waals surface area contributed by atoms with E-state index < -0.39 is 6.04 Å². The topological polar surface area (TPSA) is 85.2 Å². The Kier molecular flexibility index (Phi) is 5.48. The predicted octanol–water partition coefficient (Wildman–Crippen LogP) is 5.19. The van der Waals surface area contributed by atoms with Crippen LogP contribution in [0.25, 0.3) is 0 Å². The fourth-order valence-corrected chi connectivity index (χ4v) is 4.82. The molecule has 7 nitrogen and oxygen atoms in total. The van der Waals surface area contributed by atoms with Gasteiger partial charge in [0.15, 0.2) is 5.78 Å². The lowest BCUT2D eigenvalue weighted by Crippen LogP contribution is -2.37. The van der Waals surface area contributed by atoms with E-state index in [1.807, 2.05) is 61.5 Å². The van der Waals surface area contributed by atoms with Gasteiger partial charge in [0, 0.05) is 23.4 Å². The minimum atomic E-state index is -0.413. The van der Waals surface area contributed by atoms with Gasteiger partial charge in [0.25, 0.3) is 5.91 Å². The standard InChI is InChI=1S/C27H28N4O3/c1-4-34-19-12-10-17(11-13-19)24-23-21(14-27(2,3)15-22(23)32)30-25-20(16-28-31(24)25)26(33)29-18-8-6-5-7-9-18/h5-13,16,24,30H,4,14-15H2,1-3H3,(H,29,33)/t24-/m1/s1. The van der Waals surface area contributed by atoms with Crippen LogP contribution >= 0.6 is 0 Å². The summed E-state index contributed by atoms with van der Waals surface area (Å²) in [5.41, 5.74) is 3.48. The van der Waals surface area contributed by atoms with Gasteiger partial charge in [-0.2, -0.15) is 5.10 Å². The van der Waals surface area contributed by atoms with Crippen molar-refractivity contribution in [2.45, 2.75) is 39.7 Å². The Labute approximate surface area is 198 Å². The van der Waals surface area contributed by atoms with Crippen molar-refractivity contribution in [3.8, 4) is 5.75 Å². The van der Waals surface area contributed by atoms with Crippen molar-refractivity contribution in [1.82, 2.24) is 9.78 Å². The van der Waals surface area contributed by atoms with Crippen molar-refractivity contribution in [2.75, 3.05) is 17.2 Å². The SMILES string of the molecule is CCOc1ccc([C@@H]2C3=C(CC(C)(C)CC3=O)Nc3c(C(=O)Nc4ccccc4)cnn32)cc1. The number of ketones is 1. The number of nitrogens with zero attached hydrogens (tertiary/aromatic N) is 2. The zero-order valence-electron chi connectivity index (χ0n) is 19.6. The first-order valence-electron chi connectivity index (χ1n) is 11.6. The number of allylic oxidation sites excluding steroid dienone is 2. The van der Waals surface area contributed by atoms with E-state index >= 15 is 0 Å². The molecule has 0 fully saturated rings. The number of ether oxygens (including phenoxy) is 1. The Balaban J connectivity index is 1.58. The Morgan fingerprint density at radius 1 is 1.15 bits per heavy atom. The van der Waals surface area contributed by atoms with Crippen LogP contribution in [0.4, 0.5) is 11.5 Å². The van der Waals surface area contributed by atoms with Gasteiger partial charge in [-0.05, 0) is 48.6 Å². The first kappa shape index (κ1) is 21.9. The van der Waals surface area contributed by atoms with Gasteiger partial charge in [-0.3, -0.25) is 9.59 Å². The first-order valence-corrected chi connectivity index (χ1v) is 11.6. The number of nitrogens with one attached hydrogen (secondary N) is 2. The van der Waals surface area contributed by atoms with Crippen molar-refractivity contribution in [1.29, 1.82) is 0 Å². The zero-order valence-corrected chi connectivity index (χ0v) is 19.6. The van der Waals surface area contributed by atoms with Gasteiger partial charge in [0.1, 0.15) is 23.2 Å². The number of amides is 1. The van der Waals surface area contributed by atoms with Crippen LogP contribution in [-0.2, 0) is 4.79 Å².